The molecule has 0 fully saturated rings. The van der Waals surface area contributed by atoms with Crippen LogP contribution in [0.15, 0.2) is 278 Å². The third-order valence-corrected chi connectivity index (χ3v) is 21.3. The Hall–Kier alpha value is -13.1. The van der Waals surface area contributed by atoms with Gasteiger partial charge in [-0.2, -0.15) is 57.8 Å². The number of carboxylic acids is 1. The van der Waals surface area contributed by atoms with Crippen molar-refractivity contribution in [3.8, 4) is 62.6 Å². The molecule has 0 aromatic heterocycles. The van der Waals surface area contributed by atoms with Crippen LogP contribution in [0.5, 0.6) is 40.2 Å². The Balaban J connectivity index is 0.000000161. The van der Waals surface area contributed by atoms with Gasteiger partial charge in [-0.15, -0.1) is 14.6 Å². The summed E-state index contributed by atoms with van der Waals surface area (Å²) in [4.78, 5) is 41.2. The Labute approximate surface area is 718 Å². The molecule has 1 aliphatic heterocycles. The number of hydrogen-bond acceptors (Lipinski definition) is 23. The first-order chi connectivity index (χ1) is 56.8. The highest BCUT2D eigenvalue weighted by Crippen LogP contribution is 2.44. The first-order valence-corrected chi connectivity index (χ1v) is 39.6. The number of phenols is 6. The van der Waals surface area contributed by atoms with Gasteiger partial charge in [-0.25, -0.2) is 14.9 Å². The van der Waals surface area contributed by atoms with E-state index in [1.54, 1.807) is 42.5 Å². The standard InChI is InChI=1S/C30H22N4O7S.C28H21N3S2.C16H11NO5.C15H8Br2INO2/c35-26-13-12-23(16-25(26)30(37)38)33-31-21-8-10-22(11-9-21)32-34-29-20(14-18-4-2-1-3-5-18)7-6-19-15-24(42-41-40-39)17-27(36)28(19)29;1-5-11-32-24-13-18(3)25-10-8-23(15-21(25)16-24)30-31-28-19(4)26-9-7-22(29)14-20(26)17-27(28)33-12-6-2;1-17-11(6-9-2-4-12(18)14(20)7-9)16(22)10-3-5-13(19)15(21)8-10;16-11-4-7(5-12(17)14(11)20)3-10-9-6-8(18)1-2-13(9)19-15(10)21/h1-13,15-17,35-36,39H,14H2,(H,37,38);7-10,13-17H,1-2,29H2,3-4H3;2-8,18-21H;1-6,20H,(H,19,21)/q;-2;;/p-1/b;;11-6+;10-3-. The van der Waals surface area contributed by atoms with Crippen LogP contribution in [-0.2, 0) is 20.6 Å². The van der Waals surface area contributed by atoms with Crippen LogP contribution in [0.1, 0.15) is 59.7 Å². The number of benzene rings is 13. The van der Waals surface area contributed by atoms with E-state index in [2.05, 4.69) is 172 Å². The fraction of sp³-hybridized carbons (Fsp3) is 0.0337. The van der Waals surface area contributed by atoms with Gasteiger partial charge in [-0.1, -0.05) is 77.5 Å². The van der Waals surface area contributed by atoms with Crippen molar-refractivity contribution >= 4 is 203 Å². The summed E-state index contributed by atoms with van der Waals surface area (Å²) in [7, 11) is 0. The van der Waals surface area contributed by atoms with Gasteiger partial charge in [0, 0.05) is 46.3 Å². The van der Waals surface area contributed by atoms with Crippen molar-refractivity contribution in [2.45, 2.75) is 35.0 Å². The zero-order chi connectivity index (χ0) is 84.3. The van der Waals surface area contributed by atoms with Gasteiger partial charge >= 0.3 is 5.97 Å². The van der Waals surface area contributed by atoms with E-state index in [1.165, 1.54) is 83.0 Å². The second-order valence-corrected chi connectivity index (χ2v) is 30.8. The van der Waals surface area contributed by atoms with E-state index in [9.17, 15) is 50.1 Å². The minimum atomic E-state index is -1.33. The number of Topliss-reactive ketones (excluding diaryl/α,β-unsaturated/α-hetero) is 1. The van der Waals surface area contributed by atoms with E-state index < -0.39 is 23.3 Å². The smallest absolute Gasteiger partial charge is 0.335 e. The van der Waals surface area contributed by atoms with Crippen LogP contribution in [0.25, 0.3) is 54.9 Å². The average Bonchev–Trinajstić information content (AvgIpc) is 0.991. The van der Waals surface area contributed by atoms with E-state index in [1.807, 2.05) is 104 Å². The lowest BCUT2D eigenvalue weighted by Crippen LogP contribution is -2.03. The van der Waals surface area contributed by atoms with Crippen molar-refractivity contribution < 1.29 is 69.9 Å². The summed E-state index contributed by atoms with van der Waals surface area (Å²) in [5.41, 5.74) is 17.1. The molecule has 0 saturated carbocycles. The molecule has 0 spiro atoms. The third-order valence-electron chi connectivity index (χ3n) is 17.3. The van der Waals surface area contributed by atoms with E-state index in [0.29, 0.717) is 59.2 Å². The van der Waals surface area contributed by atoms with Crippen molar-refractivity contribution in [3.63, 3.8) is 0 Å². The number of anilines is 2. The van der Waals surface area contributed by atoms with Gasteiger partial charge in [0.25, 0.3) is 5.91 Å². The highest BCUT2D eigenvalue weighted by atomic mass is 127. The number of phenolic OH excluding ortho intramolecular Hbond substituents is 6. The van der Waals surface area contributed by atoms with Crippen LogP contribution in [-0.4, -0.2) is 58.7 Å². The molecule has 0 unspecified atom stereocenters. The van der Waals surface area contributed by atoms with Crippen LogP contribution in [0.2, 0.25) is 0 Å². The summed E-state index contributed by atoms with van der Waals surface area (Å²) in [5, 5.41) is 131. The SMILES string of the molecule is O=C(O)c1cc(N=Nc2ccc(N=Nc3c(Cc4ccccc4)ccc4cc(SOOO)cc(O)c34)cc2)ccc1[O-].O=C1Nc2ccc(I)cc2/C1=C/c1cc(Br)c(O)c(Br)c1.[C-]#[N+]/C(=C/c1ccc(O)c(O)c1)C(=O)c1ccc(O)c(O)c1.[CH2-]C#CSc1cc(C)c2ccc(N=Nc3c(SC#C[CH2-])cc4cc(N)ccc4c3C)cc2c1. The number of aromatic carboxylic acids is 1. The fourth-order valence-corrected chi connectivity index (χ4v) is 15.2. The van der Waals surface area contributed by atoms with Crippen molar-refractivity contribution in [2.24, 2.45) is 30.7 Å². The summed E-state index contributed by atoms with van der Waals surface area (Å²) in [6.07, 6.45) is 3.61. The highest BCUT2D eigenvalue weighted by molar-refractivity contribution is 14.1. The number of ketones is 1. The van der Waals surface area contributed by atoms with Gasteiger partial charge in [-0.3, -0.25) is 27.1 Å². The number of fused-ring (bicyclic) bond motifs is 4. The number of carboxylic acid groups (broad SMARTS) is 1. The lowest BCUT2D eigenvalue weighted by atomic mass is 9.98. The molecule has 118 heavy (non-hydrogen) atoms. The quantitative estimate of drug-likeness (QED) is 0.00310. The van der Waals surface area contributed by atoms with E-state index in [0.717, 1.165) is 110 Å². The van der Waals surface area contributed by atoms with Crippen LogP contribution in [0.4, 0.5) is 45.5 Å². The summed E-state index contributed by atoms with van der Waals surface area (Å²) < 4.78 is 6.72. The molecule has 588 valence electrons. The average molecular weight is 1860 g/mol. The normalized spacial score (nSPS) is 11.9. The number of rotatable bonds is 18. The molecule has 1 aliphatic rings. The Kier molecular flexibility index (Phi) is 29.1. The molecule has 11 N–H and O–H groups in total. The second kappa shape index (κ2) is 40.0. The number of nitrogens with one attached hydrogen (secondary N) is 1. The monoisotopic (exact) mass is 1860 g/mol. The van der Waals surface area contributed by atoms with Crippen LogP contribution < -0.4 is 16.2 Å². The summed E-state index contributed by atoms with van der Waals surface area (Å²) >= 11 is 12.4. The third kappa shape index (κ3) is 21.9. The van der Waals surface area contributed by atoms with E-state index in [-0.39, 0.29) is 57.2 Å². The number of allylic oxidation sites excluding steroid dienone is 1. The topological polar surface area (TPSA) is 371 Å². The number of aromatic hydroxyl groups is 6. The fourth-order valence-electron chi connectivity index (χ4n) is 11.8. The first kappa shape index (κ1) is 85.8. The van der Waals surface area contributed by atoms with Gasteiger partial charge in [-0.05, 0) is 299 Å². The van der Waals surface area contributed by atoms with Crippen molar-refractivity contribution in [1.29, 1.82) is 0 Å². The van der Waals surface area contributed by atoms with Gasteiger partial charge in [0.2, 0.25) is 5.70 Å². The summed E-state index contributed by atoms with van der Waals surface area (Å²) in [6, 6.07) is 62.3. The Morgan fingerprint density at radius 1 is 0.627 bits per heavy atom. The number of azo groups is 3. The molecule has 1 heterocycles. The molecule has 13 aromatic carbocycles. The molecule has 29 heteroatoms. The number of thioether (sulfide) groups is 2. The van der Waals surface area contributed by atoms with E-state index in [4.69, 9.17) is 22.7 Å². The number of amides is 1. The number of nitrogens with zero attached hydrogens (tertiary/aromatic N) is 7. The number of nitrogen functional groups attached to an aromatic ring is 1. The van der Waals surface area contributed by atoms with Crippen LogP contribution in [0.3, 0.4) is 0 Å². The minimum Gasteiger partial charge on any atom is -0.872 e. The maximum absolute atomic E-state index is 12.2. The lowest BCUT2D eigenvalue weighted by Gasteiger charge is -2.12. The number of nitrogens with two attached hydrogens (primary N) is 1. The predicted molar refractivity (Wildman–Crippen MR) is 475 cm³/mol. The zero-order valence-electron chi connectivity index (χ0n) is 61.7. The van der Waals surface area contributed by atoms with Crippen molar-refractivity contribution in [2.75, 3.05) is 11.1 Å². The van der Waals surface area contributed by atoms with Crippen LogP contribution in [0, 0.1) is 60.2 Å². The first-order valence-electron chi connectivity index (χ1n) is 34.6. The number of hydrogen-bond donors (Lipinski definition) is 10. The Morgan fingerprint density at radius 2 is 1.25 bits per heavy atom. The van der Waals surface area contributed by atoms with Gasteiger partial charge in [0.15, 0.2) is 28.8 Å². The molecule has 1 amide bonds. The molecule has 0 aliphatic carbocycles. The van der Waals surface area contributed by atoms with E-state index >= 15 is 0 Å². The molecule has 0 atom stereocenters. The van der Waals surface area contributed by atoms with Crippen LogP contribution >= 0.6 is 90.0 Å². The van der Waals surface area contributed by atoms with Gasteiger partial charge < -0.3 is 56.7 Å². The van der Waals surface area contributed by atoms with Crippen molar-refractivity contribution in [3.05, 3.63) is 312 Å². The molecule has 0 saturated heterocycles. The minimum absolute atomic E-state index is 0.0422. The highest BCUT2D eigenvalue weighted by Gasteiger charge is 2.25. The Bertz CT molecular complexity index is 6440. The van der Waals surface area contributed by atoms with Gasteiger partial charge in [0.05, 0.1) is 61.3 Å². The molecule has 23 nitrogen and oxygen atoms in total. The molecular formula is C89H61Br2IN9O14S3-3. The summed E-state index contributed by atoms with van der Waals surface area (Å²) in [6.45, 7) is 18.4. The zero-order valence-corrected chi connectivity index (χ0v) is 69.4. The van der Waals surface area contributed by atoms with Crippen molar-refractivity contribution in [1.82, 2.24) is 0 Å². The largest absolute Gasteiger partial charge is 0.872 e. The molecule has 13 aromatic rings. The van der Waals surface area contributed by atoms with Gasteiger partial charge in [0.1, 0.15) is 22.9 Å². The molecule has 0 bridgehead atoms. The molecular weight excluding hydrogens is 1800 g/mol. The number of halogens is 3. The predicted octanol–water partition coefficient (Wildman–Crippen LogP) is 24.2. The Morgan fingerprint density at radius 3 is 1.94 bits per heavy atom. The maximum atomic E-state index is 12.2. The second-order valence-electron chi connectivity index (χ2n) is 25.3. The number of aryl methyl sites for hydroxylation is 2. The number of carbonyl (C=O) groups is 3. The number of carbonyl (C=O) groups excluding carboxylic acids is 2. The molecule has 14 rings (SSSR count). The molecule has 0 radical (unpaired) electrons. The summed E-state index contributed by atoms with van der Waals surface area (Å²) in [5.74, 6) is 1.27. The maximum Gasteiger partial charge on any atom is 0.335 e. The lowest BCUT2D eigenvalue weighted by molar-refractivity contribution is -0.432.